The second-order valence-corrected chi connectivity index (χ2v) is 5.83. The van der Waals surface area contributed by atoms with Gasteiger partial charge in [0, 0.05) is 39.3 Å². The summed E-state index contributed by atoms with van der Waals surface area (Å²) in [5.74, 6) is -0.514. The van der Waals surface area contributed by atoms with Crippen molar-refractivity contribution in [1.29, 1.82) is 0 Å². The molecule has 0 bridgehead atoms. The van der Waals surface area contributed by atoms with Gasteiger partial charge in [-0.2, -0.15) is 0 Å². The Morgan fingerprint density at radius 1 is 1.57 bits per heavy atom. The normalized spacial score (nSPS) is 19.3. The summed E-state index contributed by atoms with van der Waals surface area (Å²) in [5.41, 5.74) is 0. The summed E-state index contributed by atoms with van der Waals surface area (Å²) in [7, 11) is 1.62. The lowest BCUT2D eigenvalue weighted by Gasteiger charge is -2.32. The van der Waals surface area contributed by atoms with Crippen molar-refractivity contribution in [3.8, 4) is 0 Å². The molecular formula is C16H24N2O5. The number of nitrogens with one attached hydrogen (secondary N) is 1. The van der Waals surface area contributed by atoms with E-state index in [1.165, 1.54) is 0 Å². The van der Waals surface area contributed by atoms with Gasteiger partial charge in [0.05, 0.1) is 12.2 Å². The lowest BCUT2D eigenvalue weighted by atomic mass is 9.98. The summed E-state index contributed by atoms with van der Waals surface area (Å²) >= 11 is 0. The van der Waals surface area contributed by atoms with E-state index in [2.05, 4.69) is 5.32 Å². The Hall–Kier alpha value is -2.02. The molecule has 2 N–H and O–H groups in total. The number of hydrogen-bond acceptors (Lipinski definition) is 4. The number of piperidine rings is 1. The van der Waals surface area contributed by atoms with Crippen LogP contribution in [0.1, 0.15) is 25.0 Å². The summed E-state index contributed by atoms with van der Waals surface area (Å²) in [6, 6.07) is 3.35. The number of aliphatic carboxylic acids is 1. The van der Waals surface area contributed by atoms with E-state index in [0.29, 0.717) is 38.8 Å². The van der Waals surface area contributed by atoms with Gasteiger partial charge in [-0.15, -0.1) is 0 Å². The Morgan fingerprint density at radius 2 is 2.39 bits per heavy atom. The second-order valence-electron chi connectivity index (χ2n) is 5.83. The average Bonchev–Trinajstić information content (AvgIpc) is 3.05. The first-order valence-corrected chi connectivity index (χ1v) is 7.89. The smallest absolute Gasteiger partial charge is 0.317 e. The maximum absolute atomic E-state index is 12.4. The minimum Gasteiger partial charge on any atom is -0.481 e. The van der Waals surface area contributed by atoms with Crippen LogP contribution in [-0.4, -0.2) is 54.9 Å². The highest BCUT2D eigenvalue weighted by atomic mass is 16.5. The van der Waals surface area contributed by atoms with Gasteiger partial charge in [-0.05, 0) is 31.4 Å². The largest absolute Gasteiger partial charge is 0.481 e. The minimum atomic E-state index is -0.839. The maximum atomic E-state index is 12.4. The van der Waals surface area contributed by atoms with Crippen LogP contribution < -0.4 is 5.32 Å². The first kappa shape index (κ1) is 17.3. The number of carbonyl (C=O) groups excluding carboxylic acids is 1. The van der Waals surface area contributed by atoms with Crippen molar-refractivity contribution in [2.75, 3.05) is 26.8 Å². The first-order chi connectivity index (χ1) is 11.1. The average molecular weight is 324 g/mol. The van der Waals surface area contributed by atoms with Gasteiger partial charge in [0.25, 0.3) is 0 Å². The van der Waals surface area contributed by atoms with E-state index >= 15 is 0 Å². The van der Waals surface area contributed by atoms with Crippen molar-refractivity contribution in [2.45, 2.75) is 31.7 Å². The Kier molecular flexibility index (Phi) is 6.46. The molecule has 23 heavy (non-hydrogen) atoms. The van der Waals surface area contributed by atoms with Gasteiger partial charge < -0.3 is 24.5 Å². The molecule has 128 valence electrons. The molecule has 2 atom stereocenters. The fourth-order valence-corrected chi connectivity index (χ4v) is 2.79. The quantitative estimate of drug-likeness (QED) is 0.797. The standard InChI is InChI=1S/C16H24N2O5/c1-22-9-6-13(10-14-5-3-8-23-14)17-16(21)18-7-2-4-12(11-18)15(19)20/h3,5,8,12-13H,2,4,6-7,9-11H2,1H3,(H,17,21)(H,19,20). The predicted molar refractivity (Wildman–Crippen MR) is 83.2 cm³/mol. The van der Waals surface area contributed by atoms with Crippen LogP contribution in [0.5, 0.6) is 0 Å². The van der Waals surface area contributed by atoms with Crippen molar-refractivity contribution < 1.29 is 23.8 Å². The van der Waals surface area contributed by atoms with Crippen molar-refractivity contribution in [1.82, 2.24) is 10.2 Å². The van der Waals surface area contributed by atoms with Gasteiger partial charge in [0.2, 0.25) is 0 Å². The molecule has 1 aromatic rings. The van der Waals surface area contributed by atoms with Gasteiger partial charge >= 0.3 is 12.0 Å². The number of likely N-dealkylation sites (tertiary alicyclic amines) is 1. The number of nitrogens with zero attached hydrogens (tertiary/aromatic N) is 1. The number of hydrogen-bond donors (Lipinski definition) is 2. The summed E-state index contributed by atoms with van der Waals surface area (Å²) in [4.78, 5) is 25.1. The Morgan fingerprint density at radius 3 is 3.04 bits per heavy atom. The minimum absolute atomic E-state index is 0.112. The van der Waals surface area contributed by atoms with Gasteiger partial charge in [0.1, 0.15) is 5.76 Å². The molecule has 1 fully saturated rings. The van der Waals surface area contributed by atoms with Crippen LogP contribution in [0.4, 0.5) is 4.79 Å². The zero-order valence-corrected chi connectivity index (χ0v) is 13.4. The van der Waals surface area contributed by atoms with Gasteiger partial charge in [-0.1, -0.05) is 0 Å². The molecule has 0 aromatic carbocycles. The molecule has 7 heteroatoms. The molecule has 0 saturated carbocycles. The molecular weight excluding hydrogens is 300 g/mol. The highest BCUT2D eigenvalue weighted by Crippen LogP contribution is 2.17. The van der Waals surface area contributed by atoms with E-state index < -0.39 is 11.9 Å². The van der Waals surface area contributed by atoms with Crippen molar-refractivity contribution in [3.63, 3.8) is 0 Å². The van der Waals surface area contributed by atoms with Crippen molar-refractivity contribution in [3.05, 3.63) is 24.2 Å². The monoisotopic (exact) mass is 324 g/mol. The van der Waals surface area contributed by atoms with Crippen molar-refractivity contribution >= 4 is 12.0 Å². The topological polar surface area (TPSA) is 92.0 Å². The molecule has 2 rings (SSSR count). The Labute approximate surface area is 135 Å². The van der Waals surface area contributed by atoms with Crippen LogP contribution in [0, 0.1) is 5.92 Å². The molecule has 7 nitrogen and oxygen atoms in total. The zero-order valence-electron chi connectivity index (χ0n) is 13.4. The van der Waals surface area contributed by atoms with E-state index in [9.17, 15) is 9.59 Å². The fraction of sp³-hybridized carbons (Fsp3) is 0.625. The third kappa shape index (κ3) is 5.28. The molecule has 1 aromatic heterocycles. The zero-order chi connectivity index (χ0) is 16.7. The van der Waals surface area contributed by atoms with Gasteiger partial charge in [0.15, 0.2) is 0 Å². The Bertz CT molecular complexity index is 503. The predicted octanol–water partition coefficient (Wildman–Crippen LogP) is 1.73. The molecule has 0 spiro atoms. The lowest BCUT2D eigenvalue weighted by molar-refractivity contribution is -0.143. The van der Waals surface area contributed by atoms with Crippen LogP contribution >= 0.6 is 0 Å². The molecule has 1 aliphatic rings. The van der Waals surface area contributed by atoms with Gasteiger partial charge in [-0.3, -0.25) is 4.79 Å². The number of carboxylic acids is 1. The number of urea groups is 1. The number of ether oxygens (including phenoxy) is 1. The number of methoxy groups -OCH3 is 1. The number of rotatable bonds is 7. The number of carbonyl (C=O) groups is 2. The Balaban J connectivity index is 1.91. The second kappa shape index (κ2) is 8.57. The molecule has 2 unspecified atom stereocenters. The summed E-state index contributed by atoms with van der Waals surface area (Å²) in [5, 5.41) is 12.1. The number of amides is 2. The molecule has 2 heterocycles. The van der Waals surface area contributed by atoms with Crippen LogP contribution in [0.15, 0.2) is 22.8 Å². The van der Waals surface area contributed by atoms with E-state index in [1.54, 1.807) is 18.3 Å². The number of furan rings is 1. The lowest BCUT2D eigenvalue weighted by Crippen LogP contribution is -2.50. The maximum Gasteiger partial charge on any atom is 0.317 e. The molecule has 0 radical (unpaired) electrons. The highest BCUT2D eigenvalue weighted by Gasteiger charge is 2.29. The van der Waals surface area contributed by atoms with E-state index in [0.717, 1.165) is 5.76 Å². The third-order valence-corrected chi connectivity index (χ3v) is 4.08. The van der Waals surface area contributed by atoms with E-state index in [-0.39, 0.29) is 18.6 Å². The summed E-state index contributed by atoms with van der Waals surface area (Å²) in [6.45, 7) is 1.38. The van der Waals surface area contributed by atoms with E-state index in [4.69, 9.17) is 14.3 Å². The SMILES string of the molecule is COCCC(Cc1ccco1)NC(=O)N1CCCC(C(=O)O)C1. The molecule has 1 aliphatic heterocycles. The molecule has 1 saturated heterocycles. The van der Waals surface area contributed by atoms with Crippen LogP contribution in [0.2, 0.25) is 0 Å². The van der Waals surface area contributed by atoms with Crippen molar-refractivity contribution in [2.24, 2.45) is 5.92 Å². The highest BCUT2D eigenvalue weighted by molar-refractivity contribution is 5.76. The van der Waals surface area contributed by atoms with Crippen LogP contribution in [0.25, 0.3) is 0 Å². The van der Waals surface area contributed by atoms with Crippen LogP contribution in [0.3, 0.4) is 0 Å². The third-order valence-electron chi connectivity index (χ3n) is 4.08. The van der Waals surface area contributed by atoms with Crippen LogP contribution in [-0.2, 0) is 16.0 Å². The van der Waals surface area contributed by atoms with E-state index in [1.807, 2.05) is 12.1 Å². The molecule has 0 aliphatic carbocycles. The first-order valence-electron chi connectivity index (χ1n) is 7.89. The summed E-state index contributed by atoms with van der Waals surface area (Å²) in [6.07, 6.45) is 4.19. The number of carboxylic acid groups (broad SMARTS) is 1. The van der Waals surface area contributed by atoms with Gasteiger partial charge in [-0.25, -0.2) is 4.79 Å². The molecule has 2 amide bonds. The fourth-order valence-electron chi connectivity index (χ4n) is 2.79. The summed E-state index contributed by atoms with van der Waals surface area (Å²) < 4.78 is 10.4.